The van der Waals surface area contributed by atoms with Gasteiger partial charge in [-0.25, -0.2) is 12.8 Å². The Morgan fingerprint density at radius 1 is 1.14 bits per heavy atom. The molecule has 0 atom stereocenters. The molecule has 8 heteroatoms. The minimum absolute atomic E-state index is 0.155. The van der Waals surface area contributed by atoms with Gasteiger partial charge in [0.25, 0.3) is 10.0 Å². The molecule has 2 aromatic carbocycles. The Labute approximate surface area is 172 Å². The van der Waals surface area contributed by atoms with E-state index in [1.165, 1.54) is 10.7 Å². The number of halogens is 2. The van der Waals surface area contributed by atoms with E-state index in [-0.39, 0.29) is 23.1 Å². The third-order valence-corrected chi connectivity index (χ3v) is 6.05. The van der Waals surface area contributed by atoms with E-state index < -0.39 is 10.0 Å². The standard InChI is InChI=1S/C20H21BrFN3O2S/c1-14(2)11-15-7-9-17(10-8-15)28(26,27)24-20-18(21)13-25(23-20)12-16-5-3-4-6-19(16)22/h3-10,13-14H,11-12H2,1-2H3,(H,23,24). The van der Waals surface area contributed by atoms with Crippen LogP contribution in [0.5, 0.6) is 0 Å². The van der Waals surface area contributed by atoms with Gasteiger partial charge in [0.2, 0.25) is 0 Å². The van der Waals surface area contributed by atoms with Crippen LogP contribution in [0.4, 0.5) is 10.2 Å². The van der Waals surface area contributed by atoms with Crippen LogP contribution in [0.3, 0.4) is 0 Å². The lowest BCUT2D eigenvalue weighted by Crippen LogP contribution is -2.14. The first kappa shape index (κ1) is 20.5. The van der Waals surface area contributed by atoms with Gasteiger partial charge in [-0.1, -0.05) is 44.2 Å². The Kier molecular flexibility index (Phi) is 6.20. The number of aromatic nitrogens is 2. The van der Waals surface area contributed by atoms with Gasteiger partial charge < -0.3 is 0 Å². The lowest BCUT2D eigenvalue weighted by atomic mass is 10.0. The molecule has 1 N–H and O–H groups in total. The summed E-state index contributed by atoms with van der Waals surface area (Å²) in [5.41, 5.74) is 1.55. The lowest BCUT2D eigenvalue weighted by molar-refractivity contribution is 0.585. The summed E-state index contributed by atoms with van der Waals surface area (Å²) in [6.45, 7) is 4.42. The van der Waals surface area contributed by atoms with Crippen LogP contribution in [0.1, 0.15) is 25.0 Å². The van der Waals surface area contributed by atoms with Crippen molar-refractivity contribution in [3.63, 3.8) is 0 Å². The molecule has 0 spiro atoms. The van der Waals surface area contributed by atoms with Crippen LogP contribution < -0.4 is 4.72 Å². The summed E-state index contributed by atoms with van der Waals surface area (Å²) >= 11 is 3.31. The molecule has 0 radical (unpaired) electrons. The molecular weight excluding hydrogens is 445 g/mol. The van der Waals surface area contributed by atoms with Gasteiger partial charge in [-0.15, -0.1) is 0 Å². The number of anilines is 1. The van der Waals surface area contributed by atoms with Crippen LogP contribution in [-0.4, -0.2) is 18.2 Å². The molecule has 0 aliphatic heterocycles. The van der Waals surface area contributed by atoms with Gasteiger partial charge in [-0.2, -0.15) is 5.10 Å². The van der Waals surface area contributed by atoms with Crippen LogP contribution in [-0.2, 0) is 23.0 Å². The summed E-state index contributed by atoms with van der Waals surface area (Å²) in [7, 11) is -3.78. The number of hydrogen-bond acceptors (Lipinski definition) is 3. The molecule has 3 rings (SSSR count). The number of hydrogen-bond donors (Lipinski definition) is 1. The maximum Gasteiger partial charge on any atom is 0.263 e. The molecule has 0 bridgehead atoms. The van der Waals surface area contributed by atoms with Crippen molar-refractivity contribution in [3.05, 3.63) is 76.1 Å². The van der Waals surface area contributed by atoms with E-state index >= 15 is 0 Å². The summed E-state index contributed by atoms with van der Waals surface area (Å²) in [4.78, 5) is 0.163. The van der Waals surface area contributed by atoms with E-state index in [0.717, 1.165) is 12.0 Å². The summed E-state index contributed by atoms with van der Waals surface area (Å²) in [6, 6.07) is 13.2. The normalized spacial score (nSPS) is 11.8. The monoisotopic (exact) mass is 465 g/mol. The van der Waals surface area contributed by atoms with Crippen LogP contribution in [0.25, 0.3) is 0 Å². The fourth-order valence-corrected chi connectivity index (χ4v) is 4.37. The highest BCUT2D eigenvalue weighted by atomic mass is 79.9. The fraction of sp³-hybridized carbons (Fsp3) is 0.250. The Bertz CT molecular complexity index is 1060. The molecule has 0 aliphatic carbocycles. The van der Waals surface area contributed by atoms with Crippen LogP contribution in [0, 0.1) is 11.7 Å². The zero-order valence-electron chi connectivity index (χ0n) is 15.6. The van der Waals surface area contributed by atoms with Gasteiger partial charge in [0.1, 0.15) is 5.82 Å². The highest BCUT2D eigenvalue weighted by molar-refractivity contribution is 9.10. The Balaban J connectivity index is 1.77. The zero-order chi connectivity index (χ0) is 20.3. The highest BCUT2D eigenvalue weighted by Crippen LogP contribution is 2.24. The summed E-state index contributed by atoms with van der Waals surface area (Å²) in [6.07, 6.45) is 2.50. The van der Waals surface area contributed by atoms with Crippen molar-refractivity contribution >= 4 is 31.8 Å². The second-order valence-electron chi connectivity index (χ2n) is 6.96. The predicted octanol–water partition coefficient (Wildman–Crippen LogP) is 4.83. The largest absolute Gasteiger partial charge is 0.265 e. The fourth-order valence-electron chi connectivity index (χ4n) is 2.81. The Hall–Kier alpha value is -2.19. The molecule has 0 amide bonds. The maximum absolute atomic E-state index is 13.8. The van der Waals surface area contributed by atoms with Gasteiger partial charge >= 0.3 is 0 Å². The first-order chi connectivity index (χ1) is 13.2. The van der Waals surface area contributed by atoms with Crippen LogP contribution in [0.2, 0.25) is 0 Å². The SMILES string of the molecule is CC(C)Cc1ccc(S(=O)(=O)Nc2nn(Cc3ccccc3F)cc2Br)cc1. The first-order valence-electron chi connectivity index (χ1n) is 8.83. The van der Waals surface area contributed by atoms with Crippen LogP contribution >= 0.6 is 15.9 Å². The Morgan fingerprint density at radius 3 is 2.46 bits per heavy atom. The van der Waals surface area contributed by atoms with Gasteiger partial charge in [0.05, 0.1) is 15.9 Å². The molecule has 0 unspecified atom stereocenters. The van der Waals surface area contributed by atoms with Crippen molar-refractivity contribution < 1.29 is 12.8 Å². The average molecular weight is 466 g/mol. The summed E-state index contributed by atoms with van der Waals surface area (Å²) in [5.74, 6) is 0.315. The molecule has 0 saturated carbocycles. The van der Waals surface area contributed by atoms with E-state index in [0.29, 0.717) is 16.0 Å². The molecule has 28 heavy (non-hydrogen) atoms. The quantitative estimate of drug-likeness (QED) is 0.543. The van der Waals surface area contributed by atoms with Crippen molar-refractivity contribution in [3.8, 4) is 0 Å². The number of rotatable bonds is 7. The van der Waals surface area contributed by atoms with Crippen molar-refractivity contribution in [2.24, 2.45) is 5.92 Å². The third-order valence-electron chi connectivity index (χ3n) is 4.12. The van der Waals surface area contributed by atoms with E-state index in [1.54, 1.807) is 36.5 Å². The summed E-state index contributed by atoms with van der Waals surface area (Å²) in [5, 5.41) is 4.23. The van der Waals surface area contributed by atoms with E-state index in [4.69, 9.17) is 0 Å². The van der Waals surface area contributed by atoms with E-state index in [9.17, 15) is 12.8 Å². The topological polar surface area (TPSA) is 64.0 Å². The first-order valence-corrected chi connectivity index (χ1v) is 11.1. The molecule has 148 valence electrons. The van der Waals surface area contributed by atoms with Gasteiger partial charge in [-0.05, 0) is 52.0 Å². The molecule has 1 aromatic heterocycles. The number of nitrogens with zero attached hydrogens (tertiary/aromatic N) is 2. The molecule has 5 nitrogen and oxygen atoms in total. The maximum atomic E-state index is 13.8. The van der Waals surface area contributed by atoms with Crippen molar-refractivity contribution in [2.75, 3.05) is 4.72 Å². The second kappa shape index (κ2) is 8.45. The minimum Gasteiger partial charge on any atom is -0.265 e. The molecule has 0 aliphatic rings. The average Bonchev–Trinajstić information content (AvgIpc) is 2.95. The zero-order valence-corrected chi connectivity index (χ0v) is 18.0. The van der Waals surface area contributed by atoms with Crippen molar-refractivity contribution in [1.82, 2.24) is 9.78 Å². The van der Waals surface area contributed by atoms with Crippen molar-refractivity contribution in [1.29, 1.82) is 0 Å². The molecule has 0 saturated heterocycles. The number of benzene rings is 2. The molecule has 3 aromatic rings. The Morgan fingerprint density at radius 2 is 1.82 bits per heavy atom. The van der Waals surface area contributed by atoms with Crippen molar-refractivity contribution in [2.45, 2.75) is 31.7 Å². The summed E-state index contributed by atoms with van der Waals surface area (Å²) < 4.78 is 43.6. The highest BCUT2D eigenvalue weighted by Gasteiger charge is 2.18. The van der Waals surface area contributed by atoms with E-state index in [2.05, 4.69) is 39.6 Å². The molecule has 0 fully saturated rings. The lowest BCUT2D eigenvalue weighted by Gasteiger charge is -2.08. The van der Waals surface area contributed by atoms with E-state index in [1.807, 2.05) is 12.1 Å². The van der Waals surface area contributed by atoms with Gasteiger partial charge in [-0.3, -0.25) is 9.40 Å². The van der Waals surface area contributed by atoms with Gasteiger partial charge in [0.15, 0.2) is 5.82 Å². The number of nitrogens with one attached hydrogen (secondary N) is 1. The molecular formula is C20H21BrFN3O2S. The second-order valence-corrected chi connectivity index (χ2v) is 9.50. The minimum atomic E-state index is -3.78. The number of sulfonamides is 1. The smallest absolute Gasteiger partial charge is 0.263 e. The third kappa shape index (κ3) is 4.99. The van der Waals surface area contributed by atoms with Crippen LogP contribution in [0.15, 0.2) is 64.1 Å². The van der Waals surface area contributed by atoms with Gasteiger partial charge in [0, 0.05) is 11.8 Å². The molecule has 1 heterocycles. The predicted molar refractivity (Wildman–Crippen MR) is 111 cm³/mol.